The second-order valence-electron chi connectivity index (χ2n) is 6.53. The third-order valence-corrected chi connectivity index (χ3v) is 5.82. The van der Waals surface area contributed by atoms with E-state index >= 15 is 0 Å². The summed E-state index contributed by atoms with van der Waals surface area (Å²) in [6, 6.07) is 10.9. The summed E-state index contributed by atoms with van der Waals surface area (Å²) in [5.74, 6) is 0.456. The molecule has 4 nitrogen and oxygen atoms in total. The molecule has 0 aliphatic carbocycles. The smallest absolute Gasteiger partial charge is 0.140 e. The number of halogens is 2. The molecule has 1 aliphatic rings. The summed E-state index contributed by atoms with van der Waals surface area (Å²) in [6.07, 6.45) is 5.81. The zero-order chi connectivity index (χ0) is 16.5. The van der Waals surface area contributed by atoms with Gasteiger partial charge in [0.15, 0.2) is 0 Å². The van der Waals surface area contributed by atoms with E-state index in [0.29, 0.717) is 11.9 Å². The average molecular weight is 411 g/mol. The molecule has 1 fully saturated rings. The Morgan fingerprint density at radius 2 is 2.19 bits per heavy atom. The van der Waals surface area contributed by atoms with Crippen molar-refractivity contribution in [2.45, 2.75) is 25.3 Å². The molecule has 0 spiro atoms. The summed E-state index contributed by atoms with van der Waals surface area (Å²) in [4.78, 5) is 6.81. The molecule has 1 aromatic carbocycles. The molecule has 140 valence electrons. The molecule has 3 heterocycles. The maximum absolute atomic E-state index is 8.20. The number of nitrogens with zero attached hydrogens (tertiary/aromatic N) is 1. The van der Waals surface area contributed by atoms with E-state index in [1.54, 1.807) is 11.3 Å². The molecule has 1 aliphatic heterocycles. The molecule has 0 radical (unpaired) electrons. The van der Waals surface area contributed by atoms with Crippen LogP contribution < -0.4 is 5.32 Å². The van der Waals surface area contributed by atoms with Crippen LogP contribution in [0.5, 0.6) is 0 Å². The monoisotopic (exact) mass is 410 g/mol. The van der Waals surface area contributed by atoms with Crippen molar-refractivity contribution in [1.29, 1.82) is 5.41 Å². The number of amidine groups is 1. The van der Waals surface area contributed by atoms with Gasteiger partial charge in [-0.3, -0.25) is 5.41 Å². The van der Waals surface area contributed by atoms with Gasteiger partial charge in [-0.15, -0.1) is 36.2 Å². The van der Waals surface area contributed by atoms with E-state index in [0.717, 1.165) is 17.0 Å². The SMILES string of the molecule is CN1CCC[C@@H]1Cc1c[nH]c2ccc(NC(=N)c3cccs3)cc12.Cl.Cl. The Morgan fingerprint density at radius 3 is 2.88 bits per heavy atom. The summed E-state index contributed by atoms with van der Waals surface area (Å²) in [6.45, 7) is 1.21. The van der Waals surface area contributed by atoms with Gasteiger partial charge < -0.3 is 15.2 Å². The van der Waals surface area contributed by atoms with Gasteiger partial charge in [-0.05, 0) is 68.1 Å². The van der Waals surface area contributed by atoms with Crippen molar-refractivity contribution < 1.29 is 0 Å². The van der Waals surface area contributed by atoms with Crippen LogP contribution in [-0.4, -0.2) is 35.4 Å². The van der Waals surface area contributed by atoms with Crippen LogP contribution in [0.15, 0.2) is 41.9 Å². The molecule has 1 atom stereocenters. The predicted octanol–water partition coefficient (Wildman–Crippen LogP) is 5.15. The van der Waals surface area contributed by atoms with E-state index < -0.39 is 0 Å². The molecule has 1 saturated heterocycles. The molecular formula is C19H24Cl2N4S. The lowest BCUT2D eigenvalue weighted by Crippen LogP contribution is -2.26. The molecule has 3 aromatic rings. The van der Waals surface area contributed by atoms with E-state index in [1.165, 1.54) is 35.9 Å². The van der Waals surface area contributed by atoms with Gasteiger partial charge in [-0.2, -0.15) is 0 Å². The zero-order valence-corrected chi connectivity index (χ0v) is 17.1. The van der Waals surface area contributed by atoms with Gasteiger partial charge >= 0.3 is 0 Å². The van der Waals surface area contributed by atoms with Gasteiger partial charge in [-0.25, -0.2) is 0 Å². The van der Waals surface area contributed by atoms with Crippen LogP contribution in [0.3, 0.4) is 0 Å². The lowest BCUT2D eigenvalue weighted by Gasteiger charge is -2.18. The Morgan fingerprint density at radius 1 is 1.35 bits per heavy atom. The molecule has 0 bridgehead atoms. The van der Waals surface area contributed by atoms with E-state index in [-0.39, 0.29) is 24.8 Å². The minimum atomic E-state index is 0. The van der Waals surface area contributed by atoms with Crippen molar-refractivity contribution in [3.8, 4) is 0 Å². The Labute approximate surface area is 170 Å². The summed E-state index contributed by atoms with van der Waals surface area (Å²) in [5.41, 5.74) is 3.51. The number of rotatable bonds is 4. The maximum Gasteiger partial charge on any atom is 0.140 e. The van der Waals surface area contributed by atoms with Gasteiger partial charge in [-0.1, -0.05) is 6.07 Å². The predicted molar refractivity (Wildman–Crippen MR) is 117 cm³/mol. The van der Waals surface area contributed by atoms with Gasteiger partial charge in [0.2, 0.25) is 0 Å². The fraction of sp³-hybridized carbons (Fsp3) is 0.316. The molecule has 2 aromatic heterocycles. The number of aromatic nitrogens is 1. The second-order valence-corrected chi connectivity index (χ2v) is 7.48. The maximum atomic E-state index is 8.20. The molecule has 0 amide bonds. The van der Waals surface area contributed by atoms with Crippen molar-refractivity contribution in [1.82, 2.24) is 9.88 Å². The highest BCUT2D eigenvalue weighted by Gasteiger charge is 2.22. The van der Waals surface area contributed by atoms with Crippen LogP contribution in [0.2, 0.25) is 0 Å². The summed E-state index contributed by atoms with van der Waals surface area (Å²) in [5, 5.41) is 14.7. The third kappa shape index (κ3) is 4.23. The number of anilines is 1. The van der Waals surface area contributed by atoms with Crippen LogP contribution >= 0.6 is 36.2 Å². The molecule has 0 saturated carbocycles. The topological polar surface area (TPSA) is 54.9 Å². The Balaban J connectivity index is 0.00000121. The first-order valence-corrected chi connectivity index (χ1v) is 9.28. The summed E-state index contributed by atoms with van der Waals surface area (Å²) < 4.78 is 0. The quantitative estimate of drug-likeness (QED) is 0.411. The molecule has 3 N–H and O–H groups in total. The van der Waals surface area contributed by atoms with Crippen molar-refractivity contribution >= 4 is 58.6 Å². The third-order valence-electron chi connectivity index (χ3n) is 4.93. The highest BCUT2D eigenvalue weighted by atomic mass is 35.5. The number of hydrogen-bond acceptors (Lipinski definition) is 3. The number of likely N-dealkylation sites (N-methyl/N-ethyl adjacent to an activating group) is 1. The number of likely N-dealkylation sites (tertiary alicyclic amines) is 1. The van der Waals surface area contributed by atoms with Crippen molar-refractivity contribution in [2.75, 3.05) is 18.9 Å². The van der Waals surface area contributed by atoms with Crippen LogP contribution in [0.1, 0.15) is 23.3 Å². The van der Waals surface area contributed by atoms with Gasteiger partial charge in [0.25, 0.3) is 0 Å². The van der Waals surface area contributed by atoms with Crippen LogP contribution in [0, 0.1) is 5.41 Å². The second kappa shape index (κ2) is 8.91. The minimum Gasteiger partial charge on any atom is -0.361 e. The summed E-state index contributed by atoms with van der Waals surface area (Å²) >= 11 is 1.58. The first kappa shape index (κ1) is 20.8. The first-order valence-electron chi connectivity index (χ1n) is 8.40. The molecule has 26 heavy (non-hydrogen) atoms. The van der Waals surface area contributed by atoms with Crippen molar-refractivity contribution in [3.63, 3.8) is 0 Å². The highest BCUT2D eigenvalue weighted by Crippen LogP contribution is 2.27. The highest BCUT2D eigenvalue weighted by molar-refractivity contribution is 7.12. The standard InChI is InChI=1S/C19H22N4S.2ClH/c1-23-8-2-4-15(23)10-13-12-21-17-7-6-14(11-16(13)17)22-19(20)18-5-3-9-24-18;;/h3,5-7,9,11-12,15,21H,2,4,8,10H2,1H3,(H2,20,22);2*1H/t15-;;/m1../s1. The van der Waals surface area contributed by atoms with E-state index in [1.807, 2.05) is 23.6 Å². The van der Waals surface area contributed by atoms with E-state index in [4.69, 9.17) is 5.41 Å². The lowest BCUT2D eigenvalue weighted by atomic mass is 10.0. The molecule has 0 unspecified atom stereocenters. The van der Waals surface area contributed by atoms with Crippen LogP contribution in [-0.2, 0) is 6.42 Å². The fourth-order valence-electron chi connectivity index (χ4n) is 3.54. The van der Waals surface area contributed by atoms with Crippen molar-refractivity contribution in [2.24, 2.45) is 0 Å². The average Bonchev–Trinajstić information content (AvgIpc) is 3.31. The largest absolute Gasteiger partial charge is 0.361 e. The van der Waals surface area contributed by atoms with E-state index in [9.17, 15) is 0 Å². The number of benzene rings is 1. The number of nitrogens with one attached hydrogen (secondary N) is 3. The number of hydrogen-bond donors (Lipinski definition) is 3. The lowest BCUT2D eigenvalue weighted by molar-refractivity contribution is 0.310. The minimum absolute atomic E-state index is 0. The van der Waals surface area contributed by atoms with E-state index in [2.05, 4.69) is 40.6 Å². The van der Waals surface area contributed by atoms with Crippen LogP contribution in [0.4, 0.5) is 5.69 Å². The molecule has 4 rings (SSSR count). The Kier molecular flexibility index (Phi) is 7.12. The number of fused-ring (bicyclic) bond motifs is 1. The van der Waals surface area contributed by atoms with Gasteiger partial charge in [0, 0.05) is 28.8 Å². The van der Waals surface area contributed by atoms with Gasteiger partial charge in [0.1, 0.15) is 5.84 Å². The first-order chi connectivity index (χ1) is 11.7. The fourth-order valence-corrected chi connectivity index (χ4v) is 4.17. The Bertz CT molecular complexity index is 860. The van der Waals surface area contributed by atoms with Gasteiger partial charge in [0.05, 0.1) is 4.88 Å². The normalized spacial score (nSPS) is 16.9. The number of thiophene rings is 1. The summed E-state index contributed by atoms with van der Waals surface area (Å²) in [7, 11) is 2.22. The number of aromatic amines is 1. The van der Waals surface area contributed by atoms with Crippen molar-refractivity contribution in [3.05, 3.63) is 52.3 Å². The number of H-pyrrole nitrogens is 1. The molecule has 7 heteroatoms. The Hall–Kier alpha value is -1.53. The zero-order valence-electron chi connectivity index (χ0n) is 14.6. The van der Waals surface area contributed by atoms with Crippen LogP contribution in [0.25, 0.3) is 10.9 Å². The molecular weight excluding hydrogens is 387 g/mol.